The van der Waals surface area contributed by atoms with Crippen molar-refractivity contribution in [1.29, 1.82) is 0 Å². The molecule has 0 radical (unpaired) electrons. The molecular weight excluding hydrogens is 409 g/mol. The predicted octanol–water partition coefficient (Wildman–Crippen LogP) is 2.70. The minimum absolute atomic E-state index is 0.120. The molecule has 0 aliphatic carbocycles. The van der Waals surface area contributed by atoms with E-state index >= 15 is 0 Å². The molecule has 4 rings (SSSR count). The van der Waals surface area contributed by atoms with Gasteiger partial charge in [0.1, 0.15) is 0 Å². The van der Waals surface area contributed by atoms with Gasteiger partial charge >= 0.3 is 167 Å². The minimum atomic E-state index is -3.28. The number of hydrogen-bond donors (Lipinski definition) is 0. The van der Waals surface area contributed by atoms with Crippen LogP contribution in [-0.2, 0) is 0 Å². The van der Waals surface area contributed by atoms with E-state index in [0.717, 1.165) is 0 Å². The van der Waals surface area contributed by atoms with E-state index in [1.807, 2.05) is 30.3 Å². The first kappa shape index (κ1) is 18.2. The zero-order valence-electron chi connectivity index (χ0n) is 15.2. The summed E-state index contributed by atoms with van der Waals surface area (Å²) in [6, 6.07) is 38.9. The van der Waals surface area contributed by atoms with Crippen molar-refractivity contribution in [2.24, 2.45) is 0 Å². The molecule has 0 spiro atoms. The zero-order chi connectivity index (χ0) is 19.4. The summed E-state index contributed by atoms with van der Waals surface area (Å²) in [4.78, 5) is 10.9. The molecule has 0 unspecified atom stereocenters. The van der Waals surface area contributed by atoms with Gasteiger partial charge in [-0.05, 0) is 0 Å². The predicted molar refractivity (Wildman–Crippen MR) is 118 cm³/mol. The maximum atomic E-state index is 11.2. The third-order valence-corrected chi connectivity index (χ3v) is 15.2. The number of nitro benzene ring substituents is 1. The molecule has 0 bridgehead atoms. The molecule has 0 saturated carbocycles. The standard InChI is InChI=1S/C24H20AsNO2/c27-26(28)24-18-16-23(17-19-24)25(20-10-4-1-5-11-20,21-12-6-2-7-13-21)22-14-8-3-9-15-22/h1-19,25H. The van der Waals surface area contributed by atoms with Gasteiger partial charge in [-0.1, -0.05) is 0 Å². The van der Waals surface area contributed by atoms with Crippen LogP contribution in [0.5, 0.6) is 0 Å². The summed E-state index contributed by atoms with van der Waals surface area (Å²) < 4.78 is 5.07. The van der Waals surface area contributed by atoms with Crippen molar-refractivity contribution in [3.8, 4) is 0 Å². The molecule has 138 valence electrons. The molecule has 0 N–H and O–H groups in total. The second-order valence-electron chi connectivity index (χ2n) is 6.65. The summed E-state index contributed by atoms with van der Waals surface area (Å²) in [7, 11) is 0. The summed E-state index contributed by atoms with van der Waals surface area (Å²) in [5, 5.41) is 11.2. The SMILES string of the molecule is O=[N+]([O-])c1ccc([AsH](c2ccccc2)(c2ccccc2)c2ccccc2)cc1. The van der Waals surface area contributed by atoms with Crippen molar-refractivity contribution in [3.05, 3.63) is 125 Å². The van der Waals surface area contributed by atoms with E-state index in [0.29, 0.717) is 0 Å². The van der Waals surface area contributed by atoms with E-state index in [4.69, 9.17) is 0 Å². The second-order valence-corrected chi connectivity index (χ2v) is 14.6. The Morgan fingerprint density at radius 2 is 0.821 bits per heavy atom. The molecular formula is C24H20AsNO2. The van der Waals surface area contributed by atoms with E-state index in [1.165, 1.54) is 17.4 Å². The van der Waals surface area contributed by atoms with Crippen LogP contribution in [0.25, 0.3) is 0 Å². The van der Waals surface area contributed by atoms with E-state index in [2.05, 4.69) is 72.8 Å². The first-order valence-electron chi connectivity index (χ1n) is 9.14. The number of hydrogen-bond acceptors (Lipinski definition) is 2. The molecule has 4 aromatic carbocycles. The Hall–Kier alpha value is -3.16. The number of nitrogens with zero attached hydrogens (tertiary/aromatic N) is 1. The molecule has 0 aromatic heterocycles. The molecule has 0 heterocycles. The van der Waals surface area contributed by atoms with Gasteiger partial charge in [0.05, 0.1) is 0 Å². The van der Waals surface area contributed by atoms with Crippen molar-refractivity contribution in [1.82, 2.24) is 0 Å². The molecule has 0 saturated heterocycles. The summed E-state index contributed by atoms with van der Waals surface area (Å²) in [5.41, 5.74) is 0.120. The zero-order valence-corrected chi connectivity index (χ0v) is 17.3. The monoisotopic (exact) mass is 429 g/mol. The Labute approximate surface area is 166 Å². The number of rotatable bonds is 5. The van der Waals surface area contributed by atoms with E-state index in [-0.39, 0.29) is 10.6 Å². The summed E-state index contributed by atoms with van der Waals surface area (Å²) in [6.07, 6.45) is 0. The van der Waals surface area contributed by atoms with E-state index in [1.54, 1.807) is 12.1 Å². The summed E-state index contributed by atoms with van der Waals surface area (Å²) in [5.74, 6) is 0. The van der Waals surface area contributed by atoms with Crippen LogP contribution in [0.15, 0.2) is 115 Å². The van der Waals surface area contributed by atoms with Crippen LogP contribution >= 0.6 is 0 Å². The topological polar surface area (TPSA) is 43.1 Å². The Morgan fingerprint density at radius 3 is 1.14 bits per heavy atom. The van der Waals surface area contributed by atoms with Crippen LogP contribution in [0.4, 0.5) is 5.69 Å². The fraction of sp³-hybridized carbons (Fsp3) is 0. The summed E-state index contributed by atoms with van der Waals surface area (Å²) >= 11 is -3.28. The molecule has 28 heavy (non-hydrogen) atoms. The van der Waals surface area contributed by atoms with Gasteiger partial charge in [0.15, 0.2) is 0 Å². The van der Waals surface area contributed by atoms with Gasteiger partial charge in [0.2, 0.25) is 0 Å². The Bertz CT molecular complexity index is 969. The third kappa shape index (κ3) is 3.15. The Kier molecular flexibility index (Phi) is 5.10. The van der Waals surface area contributed by atoms with Crippen LogP contribution in [0.2, 0.25) is 0 Å². The molecule has 0 atom stereocenters. The Balaban J connectivity index is 2.08. The van der Waals surface area contributed by atoms with Crippen molar-refractivity contribution < 1.29 is 4.92 Å². The van der Waals surface area contributed by atoms with Gasteiger partial charge in [-0.15, -0.1) is 0 Å². The maximum absolute atomic E-state index is 11.2. The molecule has 0 amide bonds. The molecule has 4 aromatic rings. The first-order chi connectivity index (χ1) is 13.7. The van der Waals surface area contributed by atoms with Crippen molar-refractivity contribution in [3.63, 3.8) is 0 Å². The van der Waals surface area contributed by atoms with Crippen LogP contribution in [0, 0.1) is 10.1 Å². The normalized spacial score (nSPS) is 11.7. The van der Waals surface area contributed by atoms with E-state index < -0.39 is 13.6 Å². The molecule has 0 fully saturated rings. The van der Waals surface area contributed by atoms with E-state index in [9.17, 15) is 10.1 Å². The first-order valence-corrected chi connectivity index (χ1v) is 13.3. The molecule has 4 heteroatoms. The number of non-ortho nitro benzene ring substituents is 1. The van der Waals surface area contributed by atoms with Crippen LogP contribution < -0.4 is 17.4 Å². The van der Waals surface area contributed by atoms with Crippen LogP contribution in [0.3, 0.4) is 0 Å². The second kappa shape index (κ2) is 7.83. The van der Waals surface area contributed by atoms with Gasteiger partial charge in [-0.25, -0.2) is 0 Å². The average molecular weight is 429 g/mol. The van der Waals surface area contributed by atoms with Gasteiger partial charge in [-0.2, -0.15) is 0 Å². The van der Waals surface area contributed by atoms with Gasteiger partial charge in [-0.3, -0.25) is 0 Å². The van der Waals surface area contributed by atoms with Crippen molar-refractivity contribution >= 4 is 36.6 Å². The van der Waals surface area contributed by atoms with Gasteiger partial charge in [0.25, 0.3) is 0 Å². The molecule has 3 nitrogen and oxygen atoms in total. The quantitative estimate of drug-likeness (QED) is 0.278. The van der Waals surface area contributed by atoms with Crippen molar-refractivity contribution in [2.75, 3.05) is 0 Å². The Morgan fingerprint density at radius 1 is 0.500 bits per heavy atom. The number of nitro groups is 1. The summed E-state index contributed by atoms with van der Waals surface area (Å²) in [6.45, 7) is 0. The van der Waals surface area contributed by atoms with Crippen LogP contribution in [-0.4, -0.2) is 18.5 Å². The van der Waals surface area contributed by atoms with Crippen molar-refractivity contribution in [2.45, 2.75) is 0 Å². The third-order valence-electron chi connectivity index (χ3n) is 5.13. The van der Waals surface area contributed by atoms with Crippen LogP contribution in [0.1, 0.15) is 0 Å². The molecule has 0 aliphatic heterocycles. The average Bonchev–Trinajstić information content (AvgIpc) is 2.77. The number of benzene rings is 4. The van der Waals surface area contributed by atoms with Gasteiger partial charge in [0, 0.05) is 0 Å². The fourth-order valence-corrected chi connectivity index (χ4v) is 13.9. The molecule has 0 aliphatic rings. The fourth-order valence-electron chi connectivity index (χ4n) is 3.90. The van der Waals surface area contributed by atoms with Gasteiger partial charge < -0.3 is 0 Å².